The highest BCUT2D eigenvalue weighted by Crippen LogP contribution is 2.64. The third kappa shape index (κ3) is 8.09. The number of hydrogen-bond donors (Lipinski definition) is 0. The summed E-state index contributed by atoms with van der Waals surface area (Å²) < 4.78 is 84.7. The molecular weight excluding hydrogens is 491 g/mol. The average molecular weight is 519 g/mol. The van der Waals surface area contributed by atoms with E-state index >= 15 is 0 Å². The molecule has 32 heavy (non-hydrogen) atoms. The molecule has 1 aromatic rings. The standard InChI is InChI=1S/C20H27F4O5PS2/c1-5-27-19(31)32-14(12-20(23,24)30(26,28-6-2)29-7-3)8-9-18(25)15-10-13(4)16(21)11-17(15)22/h10-11,14H,5-9,12H2,1-4H3. The lowest BCUT2D eigenvalue weighted by molar-refractivity contribution is 0.0308. The molecule has 0 amide bonds. The predicted octanol–water partition coefficient (Wildman–Crippen LogP) is 6.91. The Morgan fingerprint density at radius 1 is 1.12 bits per heavy atom. The van der Waals surface area contributed by atoms with Gasteiger partial charge in [0.05, 0.1) is 25.4 Å². The number of ketones is 1. The molecule has 0 aromatic heterocycles. The van der Waals surface area contributed by atoms with Crippen LogP contribution in [0.25, 0.3) is 0 Å². The first-order valence-electron chi connectivity index (χ1n) is 10.00. The molecule has 1 rings (SSSR count). The van der Waals surface area contributed by atoms with Crippen molar-refractivity contribution in [2.45, 2.75) is 57.9 Å². The summed E-state index contributed by atoms with van der Waals surface area (Å²) in [4.78, 5) is 12.5. The van der Waals surface area contributed by atoms with Crippen molar-refractivity contribution in [3.8, 4) is 0 Å². The maximum absolute atomic E-state index is 14.9. The van der Waals surface area contributed by atoms with E-state index in [9.17, 15) is 26.9 Å². The lowest BCUT2D eigenvalue weighted by Crippen LogP contribution is -2.26. The minimum Gasteiger partial charge on any atom is -0.479 e. The Morgan fingerprint density at radius 2 is 1.72 bits per heavy atom. The molecule has 0 spiro atoms. The maximum atomic E-state index is 14.9. The molecule has 182 valence electrons. The van der Waals surface area contributed by atoms with Gasteiger partial charge in [0.2, 0.25) is 4.38 Å². The van der Waals surface area contributed by atoms with E-state index in [1.807, 2.05) is 0 Å². The zero-order valence-electron chi connectivity index (χ0n) is 18.3. The molecule has 12 heteroatoms. The molecule has 0 aliphatic heterocycles. The van der Waals surface area contributed by atoms with Crippen LogP contribution >= 0.6 is 31.6 Å². The fourth-order valence-corrected chi connectivity index (χ4v) is 5.95. The molecule has 0 saturated heterocycles. The second kappa shape index (κ2) is 13.0. The Kier molecular flexibility index (Phi) is 11.8. The lowest BCUT2D eigenvalue weighted by Gasteiger charge is -2.28. The van der Waals surface area contributed by atoms with Gasteiger partial charge >= 0.3 is 13.3 Å². The number of alkyl halides is 2. The summed E-state index contributed by atoms with van der Waals surface area (Å²) in [5.41, 5.74) is -4.11. The monoisotopic (exact) mass is 518 g/mol. The van der Waals surface area contributed by atoms with Crippen molar-refractivity contribution in [1.29, 1.82) is 0 Å². The highest BCUT2D eigenvalue weighted by atomic mass is 32.2. The number of thioether (sulfide) groups is 1. The average Bonchev–Trinajstić information content (AvgIpc) is 2.69. The molecule has 0 fully saturated rings. The van der Waals surface area contributed by atoms with Crippen molar-refractivity contribution in [3.05, 3.63) is 34.9 Å². The van der Waals surface area contributed by atoms with Crippen LogP contribution in [0.2, 0.25) is 0 Å². The van der Waals surface area contributed by atoms with Gasteiger partial charge in [0.25, 0.3) is 0 Å². The first kappa shape index (κ1) is 29.0. The van der Waals surface area contributed by atoms with Crippen LogP contribution < -0.4 is 0 Å². The molecule has 5 nitrogen and oxygen atoms in total. The second-order valence-electron chi connectivity index (χ2n) is 6.67. The molecule has 0 heterocycles. The van der Waals surface area contributed by atoms with Crippen LogP contribution in [0.1, 0.15) is 56.0 Å². The number of carbonyl (C=O) groups excluding carboxylic acids is 1. The number of halogens is 4. The number of thiocarbonyl (C=S) groups is 1. The highest BCUT2D eigenvalue weighted by Gasteiger charge is 2.54. The minimum atomic E-state index is -4.78. The first-order valence-corrected chi connectivity index (χ1v) is 12.8. The molecule has 0 bridgehead atoms. The third-order valence-electron chi connectivity index (χ3n) is 4.24. The molecule has 0 aliphatic rings. The van der Waals surface area contributed by atoms with Gasteiger partial charge < -0.3 is 13.8 Å². The van der Waals surface area contributed by atoms with Gasteiger partial charge in [-0.2, -0.15) is 8.78 Å². The number of carbonyl (C=O) groups is 1. The van der Waals surface area contributed by atoms with Crippen molar-refractivity contribution in [2.24, 2.45) is 0 Å². The molecule has 1 unspecified atom stereocenters. The lowest BCUT2D eigenvalue weighted by atomic mass is 10.0. The Bertz CT molecular complexity index is 844. The fourth-order valence-electron chi connectivity index (χ4n) is 2.74. The van der Waals surface area contributed by atoms with Gasteiger partial charge in [0, 0.05) is 24.2 Å². The summed E-state index contributed by atoms with van der Waals surface area (Å²) in [6, 6.07) is 1.68. The van der Waals surface area contributed by atoms with Gasteiger partial charge in [0.15, 0.2) is 5.78 Å². The van der Waals surface area contributed by atoms with Gasteiger partial charge in [-0.1, -0.05) is 11.8 Å². The van der Waals surface area contributed by atoms with Crippen LogP contribution in [-0.2, 0) is 18.3 Å². The molecule has 1 aromatic carbocycles. The number of benzene rings is 1. The van der Waals surface area contributed by atoms with Crippen LogP contribution in [0.3, 0.4) is 0 Å². The minimum absolute atomic E-state index is 0.0211. The largest absolute Gasteiger partial charge is 0.479 e. The van der Waals surface area contributed by atoms with Gasteiger partial charge in [-0.05, 0) is 58.0 Å². The van der Waals surface area contributed by atoms with E-state index in [1.54, 1.807) is 6.92 Å². The number of aryl methyl sites for hydroxylation is 1. The number of hydrogen-bond acceptors (Lipinski definition) is 7. The molecule has 0 saturated carbocycles. The van der Waals surface area contributed by atoms with Crippen LogP contribution in [0.15, 0.2) is 12.1 Å². The summed E-state index contributed by atoms with van der Waals surface area (Å²) >= 11 is 5.80. The van der Waals surface area contributed by atoms with Crippen molar-refractivity contribution in [1.82, 2.24) is 0 Å². The van der Waals surface area contributed by atoms with Crippen molar-refractivity contribution < 1.29 is 40.7 Å². The van der Waals surface area contributed by atoms with E-state index < -0.39 is 42.3 Å². The molecule has 0 radical (unpaired) electrons. The Hall–Kier alpha value is -1.00. The van der Waals surface area contributed by atoms with Gasteiger partial charge in [-0.25, -0.2) is 8.78 Å². The quantitative estimate of drug-likeness (QED) is 0.122. The van der Waals surface area contributed by atoms with E-state index in [0.717, 1.165) is 17.8 Å². The Labute approximate surface area is 195 Å². The zero-order valence-corrected chi connectivity index (χ0v) is 20.8. The SMILES string of the molecule is CCOC(=S)SC(CCC(=O)c1cc(C)c(F)cc1F)CC(F)(F)P(=O)(OCC)OCC. The van der Waals surface area contributed by atoms with Crippen LogP contribution in [0, 0.1) is 18.6 Å². The number of rotatable bonds is 13. The van der Waals surface area contributed by atoms with Gasteiger partial charge in [-0.3, -0.25) is 9.36 Å². The second-order valence-corrected chi connectivity index (χ2v) is 10.7. The summed E-state index contributed by atoms with van der Waals surface area (Å²) in [6.45, 7) is 5.59. The summed E-state index contributed by atoms with van der Waals surface area (Å²) in [5.74, 6) is -2.51. The summed E-state index contributed by atoms with van der Waals surface area (Å²) in [5, 5.41) is -1.01. The van der Waals surface area contributed by atoms with Gasteiger partial charge in [-0.15, -0.1) is 0 Å². The number of ether oxygens (including phenoxy) is 1. The van der Waals surface area contributed by atoms with Crippen LogP contribution in [0.4, 0.5) is 17.6 Å². The van der Waals surface area contributed by atoms with E-state index in [2.05, 4.69) is 0 Å². The van der Waals surface area contributed by atoms with Gasteiger partial charge in [0.1, 0.15) is 11.6 Å². The predicted molar refractivity (Wildman–Crippen MR) is 121 cm³/mol. The number of Topliss-reactive ketones (excluding diaryl/α,β-unsaturated/α-hetero) is 1. The zero-order chi connectivity index (χ0) is 24.5. The van der Waals surface area contributed by atoms with E-state index in [0.29, 0.717) is 6.07 Å². The normalized spacial score (nSPS) is 13.1. The fraction of sp³-hybridized carbons (Fsp3) is 0.600. The summed E-state index contributed by atoms with van der Waals surface area (Å²) in [7, 11) is -4.78. The Morgan fingerprint density at radius 3 is 2.25 bits per heavy atom. The molecule has 0 aliphatic carbocycles. The third-order valence-corrected chi connectivity index (χ3v) is 7.87. The molecule has 1 atom stereocenters. The summed E-state index contributed by atoms with van der Waals surface area (Å²) in [6.07, 6.45) is -1.45. The van der Waals surface area contributed by atoms with Crippen molar-refractivity contribution in [3.63, 3.8) is 0 Å². The van der Waals surface area contributed by atoms with Crippen molar-refractivity contribution in [2.75, 3.05) is 19.8 Å². The topological polar surface area (TPSA) is 61.8 Å². The Balaban J connectivity index is 3.06. The highest BCUT2D eigenvalue weighted by molar-refractivity contribution is 8.23. The smallest absolute Gasteiger partial charge is 0.399 e. The maximum Gasteiger partial charge on any atom is 0.399 e. The van der Waals surface area contributed by atoms with E-state index in [4.69, 9.17) is 26.0 Å². The van der Waals surface area contributed by atoms with Crippen molar-refractivity contribution >= 4 is 41.7 Å². The van der Waals surface area contributed by atoms with E-state index in [-0.39, 0.29) is 48.2 Å². The molecule has 0 N–H and O–H groups in total. The first-order chi connectivity index (χ1) is 14.9. The molecular formula is C20H27F4O5PS2. The van der Waals surface area contributed by atoms with E-state index in [1.165, 1.54) is 20.8 Å². The van der Waals surface area contributed by atoms with Crippen LogP contribution in [-0.4, -0.2) is 40.9 Å². The van der Waals surface area contributed by atoms with Crippen LogP contribution in [0.5, 0.6) is 0 Å².